The zero-order valence-corrected chi connectivity index (χ0v) is 11.8. The fraction of sp³-hybridized carbons (Fsp3) is 0.417. The van der Waals surface area contributed by atoms with Gasteiger partial charge in [-0.05, 0) is 24.1 Å². The Morgan fingerprint density at radius 3 is 2.45 bits per heavy atom. The fourth-order valence-electron chi connectivity index (χ4n) is 1.49. The lowest BCUT2D eigenvalue weighted by molar-refractivity contribution is 0.0691. The number of carboxylic acid groups (broad SMARTS) is 1. The number of carbonyl (C=O) groups is 1. The first kappa shape index (κ1) is 16.5. The minimum absolute atomic E-state index is 0.158. The maximum atomic E-state index is 13.2. The van der Waals surface area contributed by atoms with Crippen LogP contribution in [-0.2, 0) is 10.0 Å². The molecule has 0 amide bonds. The third-order valence-corrected chi connectivity index (χ3v) is 4.27. The van der Waals surface area contributed by atoms with E-state index in [-0.39, 0.29) is 10.8 Å². The molecule has 8 heteroatoms. The zero-order valence-electron chi connectivity index (χ0n) is 11.0. The summed E-state index contributed by atoms with van der Waals surface area (Å²) >= 11 is 0. The van der Waals surface area contributed by atoms with Crippen LogP contribution in [0.5, 0.6) is 0 Å². The zero-order chi connectivity index (χ0) is 15.5. The number of hydrogen-bond acceptors (Lipinski definition) is 4. The van der Waals surface area contributed by atoms with Gasteiger partial charge in [-0.3, -0.25) is 0 Å². The number of aromatic carboxylic acids is 1. The second kappa shape index (κ2) is 6.29. The summed E-state index contributed by atoms with van der Waals surface area (Å²) in [5.41, 5.74) is -0.724. The number of aliphatic hydroxyl groups excluding tert-OH is 1. The number of rotatable bonds is 6. The van der Waals surface area contributed by atoms with Gasteiger partial charge in [0.1, 0.15) is 5.82 Å². The molecule has 0 fully saturated rings. The SMILES string of the molecule is CC(C)[C@@H](CO)NS(=O)(=O)c1ccc(F)c(C(=O)O)c1. The topological polar surface area (TPSA) is 104 Å². The smallest absolute Gasteiger partial charge is 0.338 e. The van der Waals surface area contributed by atoms with Gasteiger partial charge in [0.25, 0.3) is 0 Å². The van der Waals surface area contributed by atoms with Gasteiger partial charge in [-0.1, -0.05) is 13.8 Å². The highest BCUT2D eigenvalue weighted by Crippen LogP contribution is 2.16. The molecule has 0 aliphatic rings. The van der Waals surface area contributed by atoms with Crippen molar-refractivity contribution in [3.63, 3.8) is 0 Å². The molecule has 1 atom stereocenters. The molecular formula is C12H16FNO5S. The summed E-state index contributed by atoms with van der Waals surface area (Å²) in [7, 11) is -4.03. The number of aliphatic hydroxyl groups is 1. The largest absolute Gasteiger partial charge is 0.478 e. The van der Waals surface area contributed by atoms with E-state index in [1.54, 1.807) is 13.8 Å². The number of nitrogens with one attached hydrogen (secondary N) is 1. The number of hydrogen-bond donors (Lipinski definition) is 3. The molecule has 0 saturated heterocycles. The highest BCUT2D eigenvalue weighted by Gasteiger charge is 2.23. The van der Waals surface area contributed by atoms with E-state index in [0.29, 0.717) is 0 Å². The molecular weight excluding hydrogens is 289 g/mol. The van der Waals surface area contributed by atoms with E-state index in [1.807, 2.05) is 0 Å². The monoisotopic (exact) mass is 305 g/mol. The Labute approximate surface area is 116 Å². The Morgan fingerprint density at radius 2 is 2.00 bits per heavy atom. The minimum Gasteiger partial charge on any atom is -0.478 e. The van der Waals surface area contributed by atoms with Crippen molar-refractivity contribution in [3.05, 3.63) is 29.6 Å². The summed E-state index contributed by atoms with van der Waals surface area (Å²) in [5.74, 6) is -2.73. The predicted octanol–water partition coefficient (Wildman–Crippen LogP) is 0.819. The quantitative estimate of drug-likeness (QED) is 0.722. The molecule has 3 N–H and O–H groups in total. The van der Waals surface area contributed by atoms with Crippen LogP contribution in [0.25, 0.3) is 0 Å². The van der Waals surface area contributed by atoms with E-state index < -0.39 is 40.0 Å². The molecule has 0 radical (unpaired) electrons. The van der Waals surface area contributed by atoms with Gasteiger partial charge < -0.3 is 10.2 Å². The average molecular weight is 305 g/mol. The molecule has 0 aliphatic heterocycles. The van der Waals surface area contributed by atoms with E-state index in [2.05, 4.69) is 4.72 Å². The summed E-state index contributed by atoms with van der Waals surface area (Å²) in [5, 5.41) is 17.9. The van der Waals surface area contributed by atoms with Gasteiger partial charge in [-0.25, -0.2) is 22.3 Å². The van der Waals surface area contributed by atoms with Crippen molar-refractivity contribution in [2.75, 3.05) is 6.61 Å². The molecule has 1 aromatic rings. The lowest BCUT2D eigenvalue weighted by Crippen LogP contribution is -2.41. The van der Waals surface area contributed by atoms with Crippen molar-refractivity contribution < 1.29 is 27.8 Å². The van der Waals surface area contributed by atoms with Crippen LogP contribution >= 0.6 is 0 Å². The van der Waals surface area contributed by atoms with Gasteiger partial charge >= 0.3 is 5.97 Å². The van der Waals surface area contributed by atoms with Crippen LogP contribution in [0, 0.1) is 11.7 Å². The lowest BCUT2D eigenvalue weighted by Gasteiger charge is -2.19. The highest BCUT2D eigenvalue weighted by atomic mass is 32.2. The molecule has 0 aromatic heterocycles. The van der Waals surface area contributed by atoms with Gasteiger partial charge in [-0.2, -0.15) is 0 Å². The van der Waals surface area contributed by atoms with Gasteiger partial charge in [0.05, 0.1) is 17.1 Å². The van der Waals surface area contributed by atoms with E-state index in [1.165, 1.54) is 0 Å². The standard InChI is InChI=1S/C12H16FNO5S/c1-7(2)11(6-15)14-20(18,19)8-3-4-10(13)9(5-8)12(16)17/h3-5,7,11,14-15H,6H2,1-2H3,(H,16,17)/t11-/m1/s1. The molecule has 0 bridgehead atoms. The molecule has 0 heterocycles. The second-order valence-electron chi connectivity index (χ2n) is 4.60. The highest BCUT2D eigenvalue weighted by molar-refractivity contribution is 7.89. The van der Waals surface area contributed by atoms with Crippen molar-refractivity contribution in [3.8, 4) is 0 Å². The summed E-state index contributed by atoms with van der Waals surface area (Å²) in [6.07, 6.45) is 0. The van der Waals surface area contributed by atoms with E-state index in [4.69, 9.17) is 10.2 Å². The Kier molecular flexibility index (Phi) is 5.21. The molecule has 0 unspecified atom stereocenters. The van der Waals surface area contributed by atoms with Crippen LogP contribution in [0.2, 0.25) is 0 Å². The van der Waals surface area contributed by atoms with Crippen molar-refractivity contribution in [2.45, 2.75) is 24.8 Å². The fourth-order valence-corrected chi connectivity index (χ4v) is 2.89. The van der Waals surface area contributed by atoms with Crippen molar-refractivity contribution >= 4 is 16.0 Å². The van der Waals surface area contributed by atoms with Crippen molar-refractivity contribution in [2.24, 2.45) is 5.92 Å². The second-order valence-corrected chi connectivity index (χ2v) is 6.32. The summed E-state index contributed by atoms with van der Waals surface area (Å²) in [6, 6.07) is 1.79. The molecule has 112 valence electrons. The molecule has 0 saturated carbocycles. The van der Waals surface area contributed by atoms with Gasteiger partial charge in [0.2, 0.25) is 10.0 Å². The van der Waals surface area contributed by atoms with E-state index in [0.717, 1.165) is 18.2 Å². The number of halogens is 1. The Bertz CT molecular complexity index is 600. The molecule has 1 rings (SSSR count). The third kappa shape index (κ3) is 3.75. The first-order valence-corrected chi connectivity index (χ1v) is 7.33. The maximum absolute atomic E-state index is 13.2. The summed E-state index contributed by atoms with van der Waals surface area (Å²) < 4.78 is 39.6. The van der Waals surface area contributed by atoms with Crippen LogP contribution in [0.3, 0.4) is 0 Å². The maximum Gasteiger partial charge on any atom is 0.338 e. The summed E-state index contributed by atoms with van der Waals surface area (Å²) in [4.78, 5) is 10.4. The number of carboxylic acids is 1. The molecule has 20 heavy (non-hydrogen) atoms. The molecule has 1 aromatic carbocycles. The first-order chi connectivity index (χ1) is 9.19. The van der Waals surface area contributed by atoms with Crippen molar-refractivity contribution in [1.29, 1.82) is 0 Å². The number of benzene rings is 1. The first-order valence-electron chi connectivity index (χ1n) is 5.85. The van der Waals surface area contributed by atoms with Gasteiger partial charge in [0.15, 0.2) is 0 Å². The molecule has 0 spiro atoms. The van der Waals surface area contributed by atoms with Crippen LogP contribution < -0.4 is 4.72 Å². The summed E-state index contributed by atoms with van der Waals surface area (Å²) in [6.45, 7) is 3.04. The molecule has 0 aliphatic carbocycles. The average Bonchev–Trinajstić information content (AvgIpc) is 2.35. The third-order valence-electron chi connectivity index (χ3n) is 2.79. The van der Waals surface area contributed by atoms with E-state index >= 15 is 0 Å². The van der Waals surface area contributed by atoms with Crippen LogP contribution in [0.1, 0.15) is 24.2 Å². The van der Waals surface area contributed by atoms with Gasteiger partial charge in [-0.15, -0.1) is 0 Å². The predicted molar refractivity (Wildman–Crippen MR) is 69.4 cm³/mol. The normalized spacial score (nSPS) is 13.4. The Hall–Kier alpha value is -1.51. The van der Waals surface area contributed by atoms with Crippen molar-refractivity contribution in [1.82, 2.24) is 4.72 Å². The Balaban J connectivity index is 3.16. The Morgan fingerprint density at radius 1 is 1.40 bits per heavy atom. The van der Waals surface area contributed by atoms with Crippen LogP contribution in [0.15, 0.2) is 23.1 Å². The van der Waals surface area contributed by atoms with E-state index in [9.17, 15) is 17.6 Å². The van der Waals surface area contributed by atoms with Crippen LogP contribution in [0.4, 0.5) is 4.39 Å². The minimum atomic E-state index is -4.03. The molecule has 6 nitrogen and oxygen atoms in total. The lowest BCUT2D eigenvalue weighted by atomic mass is 10.1. The van der Waals surface area contributed by atoms with Crippen LogP contribution in [-0.4, -0.2) is 37.2 Å². The number of sulfonamides is 1. The van der Waals surface area contributed by atoms with Gasteiger partial charge in [0, 0.05) is 6.04 Å².